The van der Waals surface area contributed by atoms with Crippen LogP contribution in [0.1, 0.15) is 59.5 Å². The number of aryl methyl sites for hydroxylation is 1. The zero-order valence-electron chi connectivity index (χ0n) is 48.7. The van der Waals surface area contributed by atoms with Crippen molar-refractivity contribution in [1.29, 1.82) is 0 Å². The highest BCUT2D eigenvalue weighted by atomic mass is 16.7. The van der Waals surface area contributed by atoms with Gasteiger partial charge in [-0.3, -0.25) is 19.3 Å². The van der Waals surface area contributed by atoms with E-state index in [9.17, 15) is 54.3 Å². The maximum Gasteiger partial charge on any atom is 0.415 e. The third-order valence-corrected chi connectivity index (χ3v) is 15.6. The predicted octanol–water partition coefficient (Wildman–Crippen LogP) is 1.40. The molecular weight excluding hydrogens is 1160 g/mol. The number of aliphatic hydroxyl groups excluding tert-OH is 4. The third kappa shape index (κ3) is 13.3. The van der Waals surface area contributed by atoms with Gasteiger partial charge >= 0.3 is 18.2 Å². The van der Waals surface area contributed by atoms with E-state index in [4.69, 9.17) is 52.0 Å². The van der Waals surface area contributed by atoms with Gasteiger partial charge < -0.3 is 86.9 Å². The second kappa shape index (κ2) is 27.4. The van der Waals surface area contributed by atoms with Gasteiger partial charge in [-0.05, 0) is 60.9 Å². The number of fused-ring (bicyclic) bond motifs is 6. The number of esters is 1. The molecule has 0 radical (unpaired) electrons. The van der Waals surface area contributed by atoms with Crippen LogP contribution in [0.5, 0.6) is 11.5 Å². The Morgan fingerprint density at radius 1 is 0.807 bits per heavy atom. The van der Waals surface area contributed by atoms with Crippen molar-refractivity contribution < 1.29 is 96.6 Å². The zero-order chi connectivity index (χ0) is 62.4. The van der Waals surface area contributed by atoms with E-state index in [1.54, 1.807) is 54.1 Å². The Morgan fingerprint density at radius 3 is 2.22 bits per heavy atom. The molecule has 0 bridgehead atoms. The summed E-state index contributed by atoms with van der Waals surface area (Å²) in [4.78, 5) is 85.2. The Hall–Kier alpha value is -8.23. The van der Waals surface area contributed by atoms with Crippen LogP contribution in [0.15, 0.2) is 70.0 Å². The Kier molecular flexibility index (Phi) is 19.6. The number of carbonyl (C=O) groups excluding carboxylic acids is 5. The van der Waals surface area contributed by atoms with Crippen LogP contribution in [0.25, 0.3) is 33.3 Å². The van der Waals surface area contributed by atoms with Crippen LogP contribution < -0.4 is 15.0 Å². The number of rotatable bonds is 27. The number of hydrogen-bond donors (Lipinski definition) is 5. The fourth-order valence-corrected chi connectivity index (χ4v) is 10.6. The van der Waals surface area contributed by atoms with Gasteiger partial charge in [-0.1, -0.05) is 19.1 Å². The number of likely N-dealkylation sites (N-methyl/N-ethyl adjacent to an activating group) is 2. The van der Waals surface area contributed by atoms with Gasteiger partial charge in [0.15, 0.2) is 5.60 Å². The highest BCUT2D eigenvalue weighted by Crippen LogP contribution is 2.41. The molecule has 4 amide bonds. The number of imide groups is 1. The third-order valence-electron chi connectivity index (χ3n) is 15.6. The topological polar surface area (TPSA) is 358 Å². The van der Waals surface area contributed by atoms with E-state index in [1.165, 1.54) is 46.8 Å². The molecule has 470 valence electrons. The molecule has 4 aliphatic rings. The van der Waals surface area contributed by atoms with E-state index in [2.05, 4.69) is 10.3 Å². The lowest BCUT2D eigenvalue weighted by molar-refractivity contribution is -0.277. The SMILES string of the molecule is CCc1c2c(nc3ccc(OC(=O)N(C)CCN(C)C(=O)OCc4ccc(O[C@@H]5O[C@H](CO)[C@H](O)[C@H](O)[C@H]5O)c5cc(Cn6cc(COCCOCCOCCOCCN7C(=O)C=CC7=O)nn6)oc45)cc13)-c1cc3c(c(=O)n1C2)COC(=O)[C@@]3(O)CC. The van der Waals surface area contributed by atoms with Gasteiger partial charge in [0, 0.05) is 61.4 Å². The average Bonchev–Trinajstić information content (AvgIpc) is 1.54. The Balaban J connectivity index is 0.719. The number of nitrogens with zero attached hydrogens (tertiary/aromatic N) is 8. The van der Waals surface area contributed by atoms with Gasteiger partial charge in [-0.2, -0.15) is 0 Å². The maximum absolute atomic E-state index is 13.8. The molecule has 8 heterocycles. The molecule has 29 nitrogen and oxygen atoms in total. The number of cyclic esters (lactones) is 1. The summed E-state index contributed by atoms with van der Waals surface area (Å²) in [6.07, 6.45) is -4.58. The number of aromatic nitrogens is 5. The van der Waals surface area contributed by atoms with Crippen LogP contribution in [0.4, 0.5) is 9.59 Å². The van der Waals surface area contributed by atoms with Crippen molar-refractivity contribution in [2.45, 2.75) is 95.9 Å². The minimum absolute atomic E-state index is 0.0159. The lowest BCUT2D eigenvalue weighted by Crippen LogP contribution is -2.60. The molecular formula is C59H68N8O21. The number of carbonyl (C=O) groups is 5. The predicted molar refractivity (Wildman–Crippen MR) is 303 cm³/mol. The molecule has 0 unspecified atom stereocenters. The van der Waals surface area contributed by atoms with E-state index >= 15 is 0 Å². The van der Waals surface area contributed by atoms with Crippen LogP contribution in [0.2, 0.25) is 0 Å². The lowest BCUT2D eigenvalue weighted by atomic mass is 9.86. The van der Waals surface area contributed by atoms with Gasteiger partial charge in [-0.15, -0.1) is 5.10 Å². The molecule has 6 aromatic rings. The van der Waals surface area contributed by atoms with Crippen molar-refractivity contribution in [1.82, 2.24) is 39.2 Å². The lowest BCUT2D eigenvalue weighted by Gasteiger charge is -2.39. The second-order valence-corrected chi connectivity index (χ2v) is 21.3. The number of ether oxygens (including phenoxy) is 9. The van der Waals surface area contributed by atoms with E-state index in [0.717, 1.165) is 16.0 Å². The Morgan fingerprint density at radius 2 is 1.51 bits per heavy atom. The van der Waals surface area contributed by atoms with Crippen LogP contribution >= 0.6 is 0 Å². The van der Waals surface area contributed by atoms with E-state index in [0.29, 0.717) is 70.9 Å². The van der Waals surface area contributed by atoms with Crippen LogP contribution in [0.3, 0.4) is 0 Å². The molecule has 10 rings (SSSR count). The van der Waals surface area contributed by atoms with Crippen molar-refractivity contribution >= 4 is 51.8 Å². The molecule has 29 heteroatoms. The van der Waals surface area contributed by atoms with Crippen molar-refractivity contribution in [3.63, 3.8) is 0 Å². The molecule has 1 saturated heterocycles. The quantitative estimate of drug-likeness (QED) is 0.0276. The molecule has 2 aromatic carbocycles. The molecule has 1 fully saturated rings. The number of amides is 4. The largest absolute Gasteiger partial charge is 0.461 e. The van der Waals surface area contributed by atoms with Gasteiger partial charge in [0.1, 0.15) is 72.7 Å². The number of furan rings is 1. The summed E-state index contributed by atoms with van der Waals surface area (Å²) in [7, 11) is 3.01. The van der Waals surface area contributed by atoms with E-state index in [-0.39, 0.29) is 131 Å². The first-order valence-corrected chi connectivity index (χ1v) is 28.6. The van der Waals surface area contributed by atoms with Crippen molar-refractivity contribution in [2.75, 3.05) is 86.6 Å². The summed E-state index contributed by atoms with van der Waals surface area (Å²) >= 11 is 0. The summed E-state index contributed by atoms with van der Waals surface area (Å²) in [6, 6.07) is 11.4. The highest BCUT2D eigenvalue weighted by molar-refractivity contribution is 6.12. The first-order valence-electron chi connectivity index (χ1n) is 28.6. The molecule has 0 saturated carbocycles. The minimum atomic E-state index is -1.96. The number of aliphatic hydroxyl groups is 5. The van der Waals surface area contributed by atoms with Gasteiger partial charge in [-0.25, -0.2) is 24.0 Å². The molecule has 0 aliphatic carbocycles. The molecule has 4 aliphatic heterocycles. The fraction of sp³-hybridized carbons (Fsp3) is 0.475. The van der Waals surface area contributed by atoms with Gasteiger partial charge in [0.2, 0.25) is 6.29 Å². The van der Waals surface area contributed by atoms with E-state index < -0.39 is 61.1 Å². The highest BCUT2D eigenvalue weighted by Gasteiger charge is 2.47. The molecule has 6 atom stereocenters. The Labute approximate surface area is 502 Å². The number of hydrogen-bond acceptors (Lipinski definition) is 24. The number of pyridine rings is 2. The fourth-order valence-electron chi connectivity index (χ4n) is 10.6. The molecule has 5 N–H and O–H groups in total. The summed E-state index contributed by atoms with van der Waals surface area (Å²) in [5, 5.41) is 62.2. The van der Waals surface area contributed by atoms with Crippen LogP contribution in [-0.4, -0.2) is 212 Å². The maximum atomic E-state index is 13.8. The summed E-state index contributed by atoms with van der Waals surface area (Å²) in [6.45, 7) is 5.02. The first kappa shape index (κ1) is 62.8. The van der Waals surface area contributed by atoms with Crippen molar-refractivity contribution in [2.24, 2.45) is 0 Å². The normalized spacial score (nSPS) is 20.4. The van der Waals surface area contributed by atoms with Crippen LogP contribution in [0, 0.1) is 0 Å². The molecule has 4 aromatic heterocycles. The zero-order valence-corrected chi connectivity index (χ0v) is 48.7. The summed E-state index contributed by atoms with van der Waals surface area (Å²) in [5.41, 5.74) is 2.52. The monoisotopic (exact) mass is 1220 g/mol. The Bertz CT molecular complexity index is 3660. The van der Waals surface area contributed by atoms with Crippen molar-refractivity contribution in [3.05, 3.63) is 110 Å². The smallest absolute Gasteiger partial charge is 0.415 e. The minimum Gasteiger partial charge on any atom is -0.461 e. The van der Waals surface area contributed by atoms with Gasteiger partial charge in [0.05, 0.1) is 107 Å². The first-order chi connectivity index (χ1) is 42.4. The van der Waals surface area contributed by atoms with E-state index in [1.807, 2.05) is 6.92 Å². The second-order valence-electron chi connectivity index (χ2n) is 21.3. The van der Waals surface area contributed by atoms with Gasteiger partial charge in [0.25, 0.3) is 17.4 Å². The molecule has 0 spiro atoms. The molecule has 88 heavy (non-hydrogen) atoms. The summed E-state index contributed by atoms with van der Waals surface area (Å²) in [5.74, 6) is -0.817. The van der Waals surface area contributed by atoms with Crippen molar-refractivity contribution in [3.8, 4) is 22.9 Å². The van der Waals surface area contributed by atoms with Crippen LogP contribution in [-0.2, 0) is 92.5 Å². The average molecular weight is 1230 g/mol. The number of benzene rings is 2. The summed E-state index contributed by atoms with van der Waals surface area (Å²) < 4.78 is 60.0. The standard InChI is InChI=1S/C59H68N8O21/c1-5-37-38-23-35(8-9-43(38)60-49-40(37)28-67-44(49)25-42-41(54(67)74)32-83-56(75)59(42,78)6-2)86-58(77)64(4)14-13-63(3)57(76)84-30-33-7-10-45(87-55-52(73)51(72)50(71)46(29-68)88-55)39-24-36(85-53(33)39)27-65-26-34(61-62-65)31-82-22-21-81-20-19-80-18-17-79-16-15-66-47(69)11-12-48(66)70/h7-12,23-26,46,50-52,55,68,71-73,78H,5-6,13-22,27-32H2,1-4H3/t46-,50+,51+,52-,55-,59-/m1/s1.